The van der Waals surface area contributed by atoms with E-state index in [0.29, 0.717) is 11.1 Å². The summed E-state index contributed by atoms with van der Waals surface area (Å²) in [5, 5.41) is 0. The molecule has 0 radical (unpaired) electrons. The van der Waals surface area contributed by atoms with E-state index < -0.39 is 0 Å². The lowest BCUT2D eigenvalue weighted by molar-refractivity contribution is 0.111. The molecule has 0 atom stereocenters. The summed E-state index contributed by atoms with van der Waals surface area (Å²) in [5.41, 5.74) is 9.58. The number of nitrogens with zero attached hydrogens (tertiary/aromatic N) is 1. The number of carbonyl (C=O) groups excluding carboxylic acids is 2. The highest BCUT2D eigenvalue weighted by atomic mass is 16.1. The Balaban J connectivity index is 1.65. The zero-order chi connectivity index (χ0) is 23.3. The first-order chi connectivity index (χ1) is 16.7. The van der Waals surface area contributed by atoms with Crippen LogP contribution in [0.4, 0.5) is 0 Å². The summed E-state index contributed by atoms with van der Waals surface area (Å²) < 4.78 is 0. The van der Waals surface area contributed by atoms with Gasteiger partial charge in [0, 0.05) is 22.9 Å². The molecular formula is C31H21NO2. The van der Waals surface area contributed by atoms with Gasteiger partial charge in [0.15, 0.2) is 0 Å². The molecule has 0 saturated heterocycles. The maximum absolute atomic E-state index is 11.1. The molecule has 3 heteroatoms. The van der Waals surface area contributed by atoms with Gasteiger partial charge >= 0.3 is 0 Å². The predicted molar refractivity (Wildman–Crippen MR) is 137 cm³/mol. The Morgan fingerprint density at radius 3 is 1.44 bits per heavy atom. The summed E-state index contributed by atoms with van der Waals surface area (Å²) in [7, 11) is 0. The fraction of sp³-hybridized carbons (Fsp3) is 0. The monoisotopic (exact) mass is 439 g/mol. The van der Waals surface area contributed by atoms with Crippen LogP contribution in [0.25, 0.3) is 44.6 Å². The molecule has 0 spiro atoms. The largest absolute Gasteiger partial charge is 0.298 e. The first-order valence-corrected chi connectivity index (χ1v) is 11.0. The topological polar surface area (TPSA) is 47.0 Å². The smallest absolute Gasteiger partial charge is 0.150 e. The van der Waals surface area contributed by atoms with Gasteiger partial charge in [0.1, 0.15) is 12.6 Å². The third-order valence-corrected chi connectivity index (χ3v) is 5.85. The van der Waals surface area contributed by atoms with Crippen molar-refractivity contribution in [3.63, 3.8) is 0 Å². The SMILES string of the molecule is O=Cc1ccc(-c2cc(-c3ccc(C=O)cc3)cc(-c3cccc(-c4ccccn4)c3)c2)cc1. The molecular weight excluding hydrogens is 418 g/mol. The van der Waals surface area contributed by atoms with Gasteiger partial charge in [-0.15, -0.1) is 0 Å². The zero-order valence-electron chi connectivity index (χ0n) is 18.4. The molecule has 0 aliphatic rings. The summed E-state index contributed by atoms with van der Waals surface area (Å²) in [6.45, 7) is 0. The lowest BCUT2D eigenvalue weighted by Crippen LogP contribution is -1.89. The van der Waals surface area contributed by atoms with Crippen LogP contribution in [-0.2, 0) is 0 Å². The number of carbonyl (C=O) groups is 2. The molecule has 34 heavy (non-hydrogen) atoms. The molecule has 0 aliphatic heterocycles. The van der Waals surface area contributed by atoms with Crippen LogP contribution in [0.5, 0.6) is 0 Å². The number of benzene rings is 4. The Hall–Kier alpha value is -4.63. The first kappa shape index (κ1) is 21.2. The molecule has 0 amide bonds. The Bertz CT molecular complexity index is 1380. The summed E-state index contributed by atoms with van der Waals surface area (Å²) in [6, 6.07) is 35.9. The first-order valence-electron chi connectivity index (χ1n) is 11.0. The second-order valence-corrected chi connectivity index (χ2v) is 8.07. The van der Waals surface area contributed by atoms with Crippen LogP contribution < -0.4 is 0 Å². The molecule has 4 aromatic carbocycles. The average molecular weight is 440 g/mol. The standard InChI is InChI=1S/C31H21NO2/c33-20-22-7-11-24(12-8-22)28-17-29(25-13-9-23(21-34)10-14-25)19-30(18-28)26-4-3-5-27(16-26)31-6-1-2-15-32-31/h1-21H. The number of aldehydes is 2. The van der Waals surface area contributed by atoms with Gasteiger partial charge in [-0.3, -0.25) is 14.6 Å². The minimum Gasteiger partial charge on any atom is -0.298 e. The van der Waals surface area contributed by atoms with Crippen LogP contribution in [0.1, 0.15) is 20.7 Å². The van der Waals surface area contributed by atoms with E-state index in [1.807, 2.05) is 72.8 Å². The van der Waals surface area contributed by atoms with Crippen molar-refractivity contribution in [2.24, 2.45) is 0 Å². The fourth-order valence-electron chi connectivity index (χ4n) is 4.03. The van der Waals surface area contributed by atoms with Crippen LogP contribution >= 0.6 is 0 Å². The maximum atomic E-state index is 11.1. The number of aromatic nitrogens is 1. The Morgan fingerprint density at radius 1 is 0.441 bits per heavy atom. The highest BCUT2D eigenvalue weighted by molar-refractivity contribution is 5.84. The molecule has 162 valence electrons. The summed E-state index contributed by atoms with van der Waals surface area (Å²) >= 11 is 0. The molecule has 5 aromatic rings. The Morgan fingerprint density at radius 2 is 0.941 bits per heavy atom. The number of hydrogen-bond donors (Lipinski definition) is 0. The molecule has 0 N–H and O–H groups in total. The van der Waals surface area contributed by atoms with Gasteiger partial charge < -0.3 is 0 Å². The molecule has 0 saturated carbocycles. The van der Waals surface area contributed by atoms with Crippen LogP contribution in [0.3, 0.4) is 0 Å². The minimum atomic E-state index is 0.646. The van der Waals surface area contributed by atoms with E-state index >= 15 is 0 Å². The van der Waals surface area contributed by atoms with E-state index in [1.54, 1.807) is 6.20 Å². The minimum absolute atomic E-state index is 0.646. The lowest BCUT2D eigenvalue weighted by Gasteiger charge is -2.12. The van der Waals surface area contributed by atoms with E-state index in [9.17, 15) is 9.59 Å². The highest BCUT2D eigenvalue weighted by Crippen LogP contribution is 2.34. The number of hydrogen-bond acceptors (Lipinski definition) is 3. The highest BCUT2D eigenvalue weighted by Gasteiger charge is 2.09. The van der Waals surface area contributed by atoms with Gasteiger partial charge in [0.2, 0.25) is 0 Å². The van der Waals surface area contributed by atoms with E-state index in [0.717, 1.165) is 57.2 Å². The van der Waals surface area contributed by atoms with E-state index in [2.05, 4.69) is 41.4 Å². The number of rotatable bonds is 6. The van der Waals surface area contributed by atoms with Gasteiger partial charge in [-0.1, -0.05) is 72.8 Å². The summed E-state index contributed by atoms with van der Waals surface area (Å²) in [5.74, 6) is 0. The molecule has 1 aromatic heterocycles. The van der Waals surface area contributed by atoms with E-state index in [1.165, 1.54) is 0 Å². The summed E-state index contributed by atoms with van der Waals surface area (Å²) in [6.07, 6.45) is 3.50. The molecule has 0 unspecified atom stereocenters. The molecule has 3 nitrogen and oxygen atoms in total. The van der Waals surface area contributed by atoms with Gasteiger partial charge in [0.25, 0.3) is 0 Å². The van der Waals surface area contributed by atoms with Crippen LogP contribution in [-0.4, -0.2) is 17.6 Å². The Labute approximate surface area is 198 Å². The molecule has 0 aliphatic carbocycles. The average Bonchev–Trinajstić information content (AvgIpc) is 2.93. The zero-order valence-corrected chi connectivity index (χ0v) is 18.4. The lowest BCUT2D eigenvalue weighted by atomic mass is 9.92. The summed E-state index contributed by atoms with van der Waals surface area (Å²) in [4.78, 5) is 26.7. The van der Waals surface area contributed by atoms with Crippen molar-refractivity contribution in [2.45, 2.75) is 0 Å². The van der Waals surface area contributed by atoms with Crippen LogP contribution in [0.15, 0.2) is 115 Å². The van der Waals surface area contributed by atoms with Crippen molar-refractivity contribution in [2.75, 3.05) is 0 Å². The normalized spacial score (nSPS) is 10.6. The second kappa shape index (κ2) is 9.47. The van der Waals surface area contributed by atoms with Crippen molar-refractivity contribution in [3.05, 3.63) is 127 Å². The van der Waals surface area contributed by atoms with Crippen molar-refractivity contribution >= 4 is 12.6 Å². The third-order valence-electron chi connectivity index (χ3n) is 5.85. The van der Waals surface area contributed by atoms with Gasteiger partial charge in [-0.05, 0) is 69.8 Å². The molecule has 0 fully saturated rings. The molecule has 0 bridgehead atoms. The van der Waals surface area contributed by atoms with Crippen LogP contribution in [0.2, 0.25) is 0 Å². The van der Waals surface area contributed by atoms with Gasteiger partial charge in [-0.25, -0.2) is 0 Å². The van der Waals surface area contributed by atoms with Gasteiger partial charge in [0.05, 0.1) is 5.69 Å². The third kappa shape index (κ3) is 4.45. The van der Waals surface area contributed by atoms with E-state index in [4.69, 9.17) is 0 Å². The molecule has 1 heterocycles. The predicted octanol–water partition coefficient (Wildman–Crippen LogP) is 7.37. The number of pyridine rings is 1. The van der Waals surface area contributed by atoms with Crippen molar-refractivity contribution < 1.29 is 9.59 Å². The van der Waals surface area contributed by atoms with Crippen molar-refractivity contribution in [1.82, 2.24) is 4.98 Å². The van der Waals surface area contributed by atoms with Crippen LogP contribution in [0, 0.1) is 0 Å². The van der Waals surface area contributed by atoms with Crippen molar-refractivity contribution in [3.8, 4) is 44.6 Å². The van der Waals surface area contributed by atoms with Gasteiger partial charge in [-0.2, -0.15) is 0 Å². The maximum Gasteiger partial charge on any atom is 0.150 e. The Kier molecular flexibility index (Phi) is 5.91. The fourth-order valence-corrected chi connectivity index (χ4v) is 4.03. The second-order valence-electron chi connectivity index (χ2n) is 8.07. The molecule has 5 rings (SSSR count). The van der Waals surface area contributed by atoms with Crippen molar-refractivity contribution in [1.29, 1.82) is 0 Å². The van der Waals surface area contributed by atoms with E-state index in [-0.39, 0.29) is 0 Å². The quantitative estimate of drug-likeness (QED) is 0.259.